The molecule has 0 spiro atoms. The molecule has 28 heavy (non-hydrogen) atoms. The van der Waals surface area contributed by atoms with Gasteiger partial charge in [-0.25, -0.2) is 9.78 Å². The van der Waals surface area contributed by atoms with Crippen molar-refractivity contribution in [1.82, 2.24) is 15.6 Å². The Morgan fingerprint density at radius 1 is 1.39 bits per heavy atom. The van der Waals surface area contributed by atoms with Crippen LogP contribution in [0.1, 0.15) is 24.8 Å². The molecule has 0 radical (unpaired) electrons. The van der Waals surface area contributed by atoms with Crippen LogP contribution < -0.4 is 16.0 Å². The fraction of sp³-hybridized carbons (Fsp3) is 0.400. The highest BCUT2D eigenvalue weighted by Crippen LogP contribution is 2.33. The van der Waals surface area contributed by atoms with Crippen molar-refractivity contribution in [3.8, 4) is 10.6 Å². The predicted molar refractivity (Wildman–Crippen MR) is 114 cm³/mol. The van der Waals surface area contributed by atoms with Crippen LogP contribution in [0.25, 0.3) is 16.1 Å². The molecule has 3 heterocycles. The summed E-state index contributed by atoms with van der Waals surface area (Å²) in [4.78, 5) is 16.7. The van der Waals surface area contributed by atoms with Crippen LogP contribution in [-0.4, -0.2) is 43.4 Å². The molecule has 2 aliphatic heterocycles. The Balaban J connectivity index is 1.41. The number of hydrogen-bond donors (Lipinski definition) is 3. The van der Waals surface area contributed by atoms with Crippen LogP contribution in [0.15, 0.2) is 29.7 Å². The minimum atomic E-state index is -0.217. The molecule has 1 atom stereocenters. The van der Waals surface area contributed by atoms with E-state index in [1.54, 1.807) is 0 Å². The van der Waals surface area contributed by atoms with Gasteiger partial charge in [-0.3, -0.25) is 5.32 Å². The number of piperidine rings is 1. The summed E-state index contributed by atoms with van der Waals surface area (Å²) < 4.78 is 5.37. The first kappa shape index (κ1) is 19.4. The van der Waals surface area contributed by atoms with Crippen LogP contribution in [0, 0.1) is 0 Å². The zero-order valence-electron chi connectivity index (χ0n) is 15.5. The lowest BCUT2D eigenvalue weighted by Gasteiger charge is -2.23. The van der Waals surface area contributed by atoms with Gasteiger partial charge >= 0.3 is 6.03 Å². The number of carbonyl (C=O) groups is 1. The van der Waals surface area contributed by atoms with Gasteiger partial charge in [0, 0.05) is 28.6 Å². The maximum Gasteiger partial charge on any atom is 0.320 e. The van der Waals surface area contributed by atoms with Crippen LogP contribution in [-0.2, 0) is 4.74 Å². The predicted octanol–water partition coefficient (Wildman–Crippen LogP) is 4.14. The molecule has 1 aromatic carbocycles. The van der Waals surface area contributed by atoms with Crippen LogP contribution in [0.4, 0.5) is 10.6 Å². The second-order valence-electron chi connectivity index (χ2n) is 6.93. The number of amides is 2. The van der Waals surface area contributed by atoms with Crippen molar-refractivity contribution in [2.24, 2.45) is 0 Å². The Morgan fingerprint density at radius 2 is 2.32 bits per heavy atom. The van der Waals surface area contributed by atoms with E-state index in [0.717, 1.165) is 55.1 Å². The first-order chi connectivity index (χ1) is 13.7. The quantitative estimate of drug-likeness (QED) is 0.697. The molecule has 1 fully saturated rings. The summed E-state index contributed by atoms with van der Waals surface area (Å²) in [6.45, 7) is 3.18. The van der Waals surface area contributed by atoms with Crippen molar-refractivity contribution in [3.05, 3.63) is 40.2 Å². The Morgan fingerprint density at radius 3 is 3.07 bits per heavy atom. The highest BCUT2D eigenvalue weighted by Gasteiger charge is 2.16. The minimum absolute atomic E-state index is 0.165. The molecule has 4 rings (SSSR count). The summed E-state index contributed by atoms with van der Waals surface area (Å²) in [6.07, 6.45) is 5.02. The largest absolute Gasteiger partial charge is 0.377 e. The number of carbonyl (C=O) groups excluding carboxylic acids is 1. The molecule has 2 aliphatic rings. The molecule has 148 valence electrons. The molecular formula is C20H23ClN4O2S. The van der Waals surface area contributed by atoms with Gasteiger partial charge < -0.3 is 15.4 Å². The van der Waals surface area contributed by atoms with Crippen LogP contribution in [0.5, 0.6) is 0 Å². The lowest BCUT2D eigenvalue weighted by molar-refractivity contribution is 0.161. The summed E-state index contributed by atoms with van der Waals surface area (Å²) in [7, 11) is 0. The smallest absolute Gasteiger partial charge is 0.320 e. The monoisotopic (exact) mass is 418 g/mol. The molecule has 2 amide bonds. The molecule has 1 aromatic heterocycles. The van der Waals surface area contributed by atoms with Crippen molar-refractivity contribution in [2.45, 2.75) is 25.3 Å². The Hall–Kier alpha value is -1.93. The van der Waals surface area contributed by atoms with Gasteiger partial charge in [-0.2, -0.15) is 0 Å². The van der Waals surface area contributed by atoms with Crippen LogP contribution in [0.3, 0.4) is 0 Å². The van der Waals surface area contributed by atoms with Gasteiger partial charge in [-0.1, -0.05) is 29.8 Å². The lowest BCUT2D eigenvalue weighted by Crippen LogP contribution is -2.47. The SMILES string of the molecule is O=C(Nc1csc(-c2ccc(C3=CCOCC3)c(Cl)c2)n1)N[C@H]1CCCNC1. The van der Waals surface area contributed by atoms with E-state index in [0.29, 0.717) is 17.4 Å². The Labute approximate surface area is 173 Å². The number of anilines is 1. The van der Waals surface area contributed by atoms with E-state index in [1.807, 2.05) is 23.6 Å². The van der Waals surface area contributed by atoms with Gasteiger partial charge in [0.2, 0.25) is 0 Å². The van der Waals surface area contributed by atoms with E-state index in [-0.39, 0.29) is 12.1 Å². The number of hydrogen-bond acceptors (Lipinski definition) is 5. The Bertz CT molecular complexity index is 877. The maximum atomic E-state index is 12.2. The fourth-order valence-corrected chi connectivity index (χ4v) is 4.51. The number of aromatic nitrogens is 1. The van der Waals surface area contributed by atoms with E-state index in [2.05, 4.69) is 27.0 Å². The molecule has 0 bridgehead atoms. The van der Waals surface area contributed by atoms with E-state index in [9.17, 15) is 4.79 Å². The second-order valence-corrected chi connectivity index (χ2v) is 8.19. The first-order valence-corrected chi connectivity index (χ1v) is 10.8. The number of rotatable bonds is 4. The number of halogens is 1. The number of thiazole rings is 1. The van der Waals surface area contributed by atoms with Crippen molar-refractivity contribution < 1.29 is 9.53 Å². The fourth-order valence-electron chi connectivity index (χ4n) is 3.46. The van der Waals surface area contributed by atoms with Gasteiger partial charge in [0.1, 0.15) is 10.8 Å². The number of nitrogens with one attached hydrogen (secondary N) is 3. The minimum Gasteiger partial charge on any atom is -0.377 e. The lowest BCUT2D eigenvalue weighted by atomic mass is 10.0. The van der Waals surface area contributed by atoms with E-state index >= 15 is 0 Å². The third-order valence-corrected chi connectivity index (χ3v) is 6.11. The number of benzene rings is 1. The Kier molecular flexibility index (Phi) is 6.26. The maximum absolute atomic E-state index is 12.2. The van der Waals surface area contributed by atoms with Crippen molar-refractivity contribution in [3.63, 3.8) is 0 Å². The van der Waals surface area contributed by atoms with Crippen molar-refractivity contribution in [2.75, 3.05) is 31.6 Å². The van der Waals surface area contributed by atoms with Crippen LogP contribution in [0.2, 0.25) is 5.02 Å². The molecule has 0 aliphatic carbocycles. The van der Waals surface area contributed by atoms with E-state index in [1.165, 1.54) is 16.9 Å². The zero-order chi connectivity index (χ0) is 19.3. The molecule has 6 nitrogen and oxygen atoms in total. The molecule has 0 unspecified atom stereocenters. The van der Waals surface area contributed by atoms with E-state index in [4.69, 9.17) is 16.3 Å². The number of urea groups is 1. The summed E-state index contributed by atoms with van der Waals surface area (Å²) >= 11 is 8.00. The van der Waals surface area contributed by atoms with E-state index < -0.39 is 0 Å². The second kappa shape index (κ2) is 9.05. The average molecular weight is 419 g/mol. The van der Waals surface area contributed by atoms with Crippen molar-refractivity contribution in [1.29, 1.82) is 0 Å². The number of nitrogens with zero attached hydrogens (tertiary/aromatic N) is 1. The standard InChI is InChI=1S/C20H23ClN4O2S/c21-17-10-14(3-4-16(17)13-5-8-27-9-6-13)19-24-18(12-28-19)25-20(26)23-15-2-1-7-22-11-15/h3-5,10,12,15,22H,1-2,6-9,11H2,(H2,23,25,26)/t15-/m0/s1. The first-order valence-electron chi connectivity index (χ1n) is 9.50. The normalized spacial score (nSPS) is 19.8. The van der Waals surface area contributed by atoms with Gasteiger partial charge in [0.15, 0.2) is 0 Å². The summed E-state index contributed by atoms with van der Waals surface area (Å²) in [5.41, 5.74) is 3.21. The summed E-state index contributed by atoms with van der Waals surface area (Å²) in [5, 5.41) is 12.5. The highest BCUT2D eigenvalue weighted by atomic mass is 35.5. The third kappa shape index (κ3) is 4.72. The topological polar surface area (TPSA) is 75.3 Å². The number of ether oxygens (including phenoxy) is 1. The molecular weight excluding hydrogens is 396 g/mol. The molecule has 3 N–H and O–H groups in total. The zero-order valence-corrected chi connectivity index (χ0v) is 17.0. The van der Waals surface area contributed by atoms with Crippen molar-refractivity contribution >= 4 is 40.4 Å². The molecule has 8 heteroatoms. The van der Waals surface area contributed by atoms with Gasteiger partial charge in [-0.15, -0.1) is 11.3 Å². The molecule has 2 aromatic rings. The van der Waals surface area contributed by atoms with Gasteiger partial charge in [0.05, 0.1) is 13.2 Å². The third-order valence-electron chi connectivity index (χ3n) is 4.90. The summed E-state index contributed by atoms with van der Waals surface area (Å²) in [5.74, 6) is 0.550. The molecule has 1 saturated heterocycles. The molecule has 0 saturated carbocycles. The highest BCUT2D eigenvalue weighted by molar-refractivity contribution is 7.13. The van der Waals surface area contributed by atoms with Gasteiger partial charge in [-0.05, 0) is 43.0 Å². The average Bonchev–Trinajstić information content (AvgIpc) is 3.17. The van der Waals surface area contributed by atoms with Gasteiger partial charge in [0.25, 0.3) is 0 Å². The summed E-state index contributed by atoms with van der Waals surface area (Å²) in [6, 6.07) is 5.94. The van der Waals surface area contributed by atoms with Crippen LogP contribution >= 0.6 is 22.9 Å².